The van der Waals surface area contributed by atoms with Crippen molar-refractivity contribution in [3.05, 3.63) is 47.9 Å². The maximum atomic E-state index is 8.75. The first-order chi connectivity index (χ1) is 8.31. The van der Waals surface area contributed by atoms with Crippen LogP contribution in [0, 0.1) is 22.7 Å². The van der Waals surface area contributed by atoms with Gasteiger partial charge >= 0.3 is 0 Å². The van der Waals surface area contributed by atoms with Crippen LogP contribution in [0.5, 0.6) is 0 Å². The van der Waals surface area contributed by atoms with Gasteiger partial charge in [0.05, 0.1) is 24.0 Å². The van der Waals surface area contributed by atoms with Crippen LogP contribution < -0.4 is 5.32 Å². The third-order valence-electron chi connectivity index (χ3n) is 2.03. The van der Waals surface area contributed by atoms with E-state index in [2.05, 4.69) is 21.4 Å². The lowest BCUT2D eigenvalue weighted by Crippen LogP contribution is -1.95. The first-order valence-corrected chi connectivity index (χ1v) is 4.81. The highest BCUT2D eigenvalue weighted by Gasteiger charge is 1.98. The predicted molar refractivity (Wildman–Crippen MR) is 61.2 cm³/mol. The summed E-state index contributed by atoms with van der Waals surface area (Å²) in [5, 5.41) is 20.3. The summed E-state index contributed by atoms with van der Waals surface area (Å²) in [5.74, 6) is 0.527. The molecule has 5 heteroatoms. The van der Waals surface area contributed by atoms with E-state index in [9.17, 15) is 0 Å². The molecule has 0 saturated carbocycles. The molecular formula is C12H7N5. The van der Waals surface area contributed by atoms with Gasteiger partial charge in [-0.1, -0.05) is 6.07 Å². The summed E-state index contributed by atoms with van der Waals surface area (Å²) < 4.78 is 0. The molecule has 0 fully saturated rings. The highest BCUT2D eigenvalue weighted by Crippen LogP contribution is 2.14. The lowest BCUT2D eigenvalue weighted by Gasteiger charge is -2.04. The first-order valence-electron chi connectivity index (χ1n) is 4.81. The Hall–Kier alpha value is -2.92. The molecular weight excluding hydrogens is 214 g/mol. The van der Waals surface area contributed by atoms with Crippen molar-refractivity contribution in [1.82, 2.24) is 9.97 Å². The maximum absolute atomic E-state index is 8.75. The Balaban J connectivity index is 2.20. The van der Waals surface area contributed by atoms with Crippen molar-refractivity contribution >= 4 is 11.5 Å². The number of nitriles is 2. The lowest BCUT2D eigenvalue weighted by molar-refractivity contribution is 1.16. The second kappa shape index (κ2) is 4.73. The monoisotopic (exact) mass is 221 g/mol. The van der Waals surface area contributed by atoms with E-state index in [4.69, 9.17) is 10.5 Å². The number of benzene rings is 1. The Morgan fingerprint density at radius 1 is 1.06 bits per heavy atom. The fourth-order valence-corrected chi connectivity index (χ4v) is 1.26. The number of aromatic nitrogens is 2. The Morgan fingerprint density at radius 2 is 1.94 bits per heavy atom. The second-order valence-corrected chi connectivity index (χ2v) is 3.22. The molecule has 0 spiro atoms. The van der Waals surface area contributed by atoms with Gasteiger partial charge in [0, 0.05) is 5.69 Å². The zero-order valence-electron chi connectivity index (χ0n) is 8.75. The van der Waals surface area contributed by atoms with Crippen LogP contribution in [0.15, 0.2) is 36.7 Å². The fraction of sp³-hybridized carbons (Fsp3) is 0. The molecule has 1 aromatic heterocycles. The smallest absolute Gasteiger partial charge is 0.158 e. The van der Waals surface area contributed by atoms with Crippen molar-refractivity contribution in [3.63, 3.8) is 0 Å². The van der Waals surface area contributed by atoms with Crippen molar-refractivity contribution in [2.45, 2.75) is 0 Å². The van der Waals surface area contributed by atoms with Gasteiger partial charge in [-0.05, 0) is 18.2 Å². The average molecular weight is 221 g/mol. The fourth-order valence-electron chi connectivity index (χ4n) is 1.26. The van der Waals surface area contributed by atoms with Gasteiger partial charge in [-0.2, -0.15) is 10.5 Å². The molecule has 0 saturated heterocycles. The molecule has 1 heterocycles. The highest BCUT2D eigenvalue weighted by atomic mass is 15.0. The number of rotatable bonds is 2. The maximum Gasteiger partial charge on any atom is 0.158 e. The van der Waals surface area contributed by atoms with E-state index in [1.54, 1.807) is 18.2 Å². The largest absolute Gasteiger partial charge is 0.339 e. The van der Waals surface area contributed by atoms with Gasteiger partial charge in [0.1, 0.15) is 11.9 Å². The molecule has 1 aromatic carbocycles. The molecule has 2 rings (SSSR count). The van der Waals surface area contributed by atoms with Crippen molar-refractivity contribution in [1.29, 1.82) is 10.5 Å². The van der Waals surface area contributed by atoms with Gasteiger partial charge in [-0.15, -0.1) is 0 Å². The molecule has 0 unspecified atom stereocenters. The molecule has 0 aliphatic carbocycles. The Kier molecular flexibility index (Phi) is 2.95. The zero-order chi connectivity index (χ0) is 12.1. The lowest BCUT2D eigenvalue weighted by atomic mass is 10.2. The molecule has 0 aliphatic heterocycles. The van der Waals surface area contributed by atoms with Crippen LogP contribution in [0.3, 0.4) is 0 Å². The minimum absolute atomic E-state index is 0.265. The molecule has 5 nitrogen and oxygen atoms in total. The molecule has 0 atom stereocenters. The van der Waals surface area contributed by atoms with E-state index in [0.717, 1.165) is 5.69 Å². The Morgan fingerprint density at radius 3 is 2.59 bits per heavy atom. The summed E-state index contributed by atoms with van der Waals surface area (Å²) in [5.41, 5.74) is 1.58. The standard InChI is InChI=1S/C12H7N5/c13-5-9-2-1-3-10(4-9)17-12-8-15-11(6-14)7-16-12/h1-4,7-8H,(H,16,17). The molecule has 0 amide bonds. The summed E-state index contributed by atoms with van der Waals surface area (Å²) >= 11 is 0. The first kappa shape index (κ1) is 10.6. The van der Waals surface area contributed by atoms with E-state index >= 15 is 0 Å². The molecule has 0 bridgehead atoms. The summed E-state index contributed by atoms with van der Waals surface area (Å²) in [6, 6.07) is 11.0. The van der Waals surface area contributed by atoms with Crippen molar-refractivity contribution in [2.75, 3.05) is 5.32 Å². The molecule has 1 N–H and O–H groups in total. The van der Waals surface area contributed by atoms with E-state index < -0.39 is 0 Å². The van der Waals surface area contributed by atoms with Crippen LogP contribution in [0.4, 0.5) is 11.5 Å². The predicted octanol–water partition coefficient (Wildman–Crippen LogP) is 1.96. The number of anilines is 2. The Bertz CT molecular complexity index is 604. The van der Waals surface area contributed by atoms with Crippen molar-refractivity contribution < 1.29 is 0 Å². The number of nitrogens with one attached hydrogen (secondary N) is 1. The molecule has 0 aliphatic rings. The molecule has 0 radical (unpaired) electrons. The molecule has 80 valence electrons. The van der Waals surface area contributed by atoms with Crippen LogP contribution in [0.2, 0.25) is 0 Å². The number of hydrogen-bond acceptors (Lipinski definition) is 5. The van der Waals surface area contributed by atoms with Gasteiger partial charge < -0.3 is 5.32 Å². The topological polar surface area (TPSA) is 85.4 Å². The van der Waals surface area contributed by atoms with Crippen LogP contribution in [-0.2, 0) is 0 Å². The number of nitrogens with zero attached hydrogens (tertiary/aromatic N) is 4. The van der Waals surface area contributed by atoms with E-state index in [1.165, 1.54) is 12.4 Å². The molecule has 17 heavy (non-hydrogen) atoms. The quantitative estimate of drug-likeness (QED) is 0.837. The second-order valence-electron chi connectivity index (χ2n) is 3.22. The van der Waals surface area contributed by atoms with Crippen LogP contribution >= 0.6 is 0 Å². The number of hydrogen-bond donors (Lipinski definition) is 1. The highest BCUT2D eigenvalue weighted by molar-refractivity contribution is 5.57. The van der Waals surface area contributed by atoms with Crippen molar-refractivity contribution in [3.8, 4) is 12.1 Å². The van der Waals surface area contributed by atoms with E-state index in [-0.39, 0.29) is 5.69 Å². The van der Waals surface area contributed by atoms with Gasteiger partial charge in [0.15, 0.2) is 5.69 Å². The summed E-state index contributed by atoms with van der Waals surface area (Å²) in [7, 11) is 0. The minimum atomic E-state index is 0.265. The minimum Gasteiger partial charge on any atom is -0.339 e. The molecule has 2 aromatic rings. The summed E-state index contributed by atoms with van der Waals surface area (Å²) in [4.78, 5) is 7.91. The van der Waals surface area contributed by atoms with Gasteiger partial charge in [-0.25, -0.2) is 9.97 Å². The van der Waals surface area contributed by atoms with Gasteiger partial charge in [-0.3, -0.25) is 0 Å². The van der Waals surface area contributed by atoms with Crippen LogP contribution in [0.1, 0.15) is 11.3 Å². The van der Waals surface area contributed by atoms with Crippen LogP contribution in [-0.4, -0.2) is 9.97 Å². The Labute approximate surface area is 98.0 Å². The van der Waals surface area contributed by atoms with Crippen molar-refractivity contribution in [2.24, 2.45) is 0 Å². The van der Waals surface area contributed by atoms with Gasteiger partial charge in [0.2, 0.25) is 0 Å². The zero-order valence-corrected chi connectivity index (χ0v) is 8.75. The van der Waals surface area contributed by atoms with Gasteiger partial charge in [0.25, 0.3) is 0 Å². The third kappa shape index (κ3) is 2.55. The third-order valence-corrected chi connectivity index (χ3v) is 2.03. The van der Waals surface area contributed by atoms with E-state index in [0.29, 0.717) is 11.4 Å². The van der Waals surface area contributed by atoms with Crippen LogP contribution in [0.25, 0.3) is 0 Å². The average Bonchev–Trinajstić information content (AvgIpc) is 2.40. The SMILES string of the molecule is N#Cc1cccc(Nc2cnc(C#N)cn2)c1. The van der Waals surface area contributed by atoms with E-state index in [1.807, 2.05) is 12.1 Å². The summed E-state index contributed by atoms with van der Waals surface area (Å²) in [6.45, 7) is 0. The summed E-state index contributed by atoms with van der Waals surface area (Å²) in [6.07, 6.45) is 2.86. The normalized spacial score (nSPS) is 9.06.